The predicted molar refractivity (Wildman–Crippen MR) is 129 cm³/mol. The zero-order valence-electron chi connectivity index (χ0n) is 20.5. The normalized spacial score (nSPS) is 14.0. The molecule has 0 bridgehead atoms. The molecule has 0 atom stereocenters. The summed E-state index contributed by atoms with van der Waals surface area (Å²) < 4.78 is 87.4. The van der Waals surface area contributed by atoms with E-state index in [9.17, 15) is 40.6 Å². The highest BCUT2D eigenvalue weighted by molar-refractivity contribution is 5.94. The van der Waals surface area contributed by atoms with Gasteiger partial charge in [0.05, 0.1) is 16.8 Å². The number of halogens is 7. The van der Waals surface area contributed by atoms with Crippen LogP contribution < -0.4 is 15.5 Å². The number of alkyl halides is 6. The Morgan fingerprint density at radius 3 is 2.05 bits per heavy atom. The van der Waals surface area contributed by atoms with Gasteiger partial charge in [-0.2, -0.15) is 26.3 Å². The topological polar surface area (TPSA) is 90.4 Å². The van der Waals surface area contributed by atoms with Gasteiger partial charge in [-0.15, -0.1) is 0 Å². The maximum atomic E-state index is 13.1. The number of carbonyl (C=O) groups is 1. The van der Waals surface area contributed by atoms with Gasteiger partial charge in [-0.1, -0.05) is 0 Å². The molecule has 210 valence electrons. The quantitative estimate of drug-likeness (QED) is 0.386. The van der Waals surface area contributed by atoms with Gasteiger partial charge in [0.2, 0.25) is 5.95 Å². The Morgan fingerprint density at radius 2 is 1.56 bits per heavy atom. The summed E-state index contributed by atoms with van der Waals surface area (Å²) in [4.78, 5) is 21.9. The highest BCUT2D eigenvalue weighted by atomic mass is 19.4. The molecule has 3 aromatic rings. The fourth-order valence-corrected chi connectivity index (χ4v) is 3.70. The molecule has 1 aromatic heterocycles. The summed E-state index contributed by atoms with van der Waals surface area (Å²) in [7, 11) is 1.44. The third kappa shape index (κ3) is 8.10. The van der Waals surface area contributed by atoms with E-state index in [0.717, 1.165) is 26.2 Å². The van der Waals surface area contributed by atoms with Crippen LogP contribution in [0.5, 0.6) is 0 Å². The summed E-state index contributed by atoms with van der Waals surface area (Å²) in [5.74, 6) is -0.992. The molecule has 0 amide bonds. The molecule has 39 heavy (non-hydrogen) atoms. The van der Waals surface area contributed by atoms with Crippen molar-refractivity contribution in [2.45, 2.75) is 18.9 Å². The van der Waals surface area contributed by atoms with Crippen LogP contribution in [0, 0.1) is 5.82 Å². The summed E-state index contributed by atoms with van der Waals surface area (Å²) in [6.07, 6.45) is -8.26. The molecule has 0 aliphatic carbocycles. The van der Waals surface area contributed by atoms with E-state index in [0.29, 0.717) is 29.3 Å². The van der Waals surface area contributed by atoms with Crippen molar-refractivity contribution in [3.63, 3.8) is 0 Å². The van der Waals surface area contributed by atoms with Crippen molar-refractivity contribution in [3.05, 3.63) is 76.7 Å². The lowest BCUT2D eigenvalue weighted by atomic mass is 10.0. The molecule has 2 heterocycles. The van der Waals surface area contributed by atoms with Crippen LogP contribution in [0.1, 0.15) is 27.0 Å². The van der Waals surface area contributed by atoms with Crippen molar-refractivity contribution in [2.75, 3.05) is 38.1 Å². The fourth-order valence-electron chi connectivity index (χ4n) is 3.70. The van der Waals surface area contributed by atoms with E-state index in [1.54, 1.807) is 0 Å². The minimum absolute atomic E-state index is 0.00509. The Balaban J connectivity index is 0.000000224. The van der Waals surface area contributed by atoms with Gasteiger partial charge in [-0.05, 0) is 55.1 Å². The third-order valence-electron chi connectivity index (χ3n) is 5.55. The number of hydrogen-bond acceptors (Lipinski definition) is 6. The lowest BCUT2D eigenvalue weighted by Gasteiger charge is -2.27. The van der Waals surface area contributed by atoms with Gasteiger partial charge in [0, 0.05) is 44.5 Å². The summed E-state index contributed by atoms with van der Waals surface area (Å²) in [5.41, 5.74) is -1.79. The molecule has 0 spiro atoms. The largest absolute Gasteiger partial charge is 0.478 e. The van der Waals surface area contributed by atoms with Gasteiger partial charge >= 0.3 is 18.3 Å². The monoisotopic (exact) mass is 559 g/mol. The number of anilines is 1. The smallest absolute Gasteiger partial charge is 0.416 e. The second-order valence-corrected chi connectivity index (χ2v) is 8.43. The number of aromatic nitrogens is 2. The summed E-state index contributed by atoms with van der Waals surface area (Å²) >= 11 is 0. The van der Waals surface area contributed by atoms with Crippen LogP contribution in [0.2, 0.25) is 0 Å². The maximum Gasteiger partial charge on any atom is 0.416 e. The number of hydrogen-bond donors (Lipinski definition) is 3. The van der Waals surface area contributed by atoms with Gasteiger partial charge in [0.15, 0.2) is 0 Å². The Bertz CT molecular complexity index is 1240. The van der Waals surface area contributed by atoms with Crippen molar-refractivity contribution >= 4 is 11.9 Å². The van der Waals surface area contributed by atoms with Crippen molar-refractivity contribution in [1.29, 1.82) is 0 Å². The number of nitrogens with zero attached hydrogens (tertiary/aromatic N) is 3. The number of carboxylic acids is 1. The molecule has 1 saturated heterocycles. The van der Waals surface area contributed by atoms with Gasteiger partial charge in [-0.25, -0.2) is 19.2 Å². The number of benzene rings is 2. The van der Waals surface area contributed by atoms with E-state index >= 15 is 0 Å². The van der Waals surface area contributed by atoms with Crippen LogP contribution >= 0.6 is 0 Å². The first kappa shape index (κ1) is 29.8. The van der Waals surface area contributed by atoms with Crippen molar-refractivity contribution in [2.24, 2.45) is 0 Å². The van der Waals surface area contributed by atoms with Gasteiger partial charge < -0.3 is 20.6 Å². The highest BCUT2D eigenvalue weighted by Gasteiger charge is 2.36. The molecule has 1 fully saturated rings. The van der Waals surface area contributed by atoms with Crippen LogP contribution in [0.25, 0.3) is 11.3 Å². The third-order valence-corrected chi connectivity index (χ3v) is 5.55. The summed E-state index contributed by atoms with van der Waals surface area (Å²) in [6.45, 7) is 3.11. The van der Waals surface area contributed by atoms with E-state index < -0.39 is 29.4 Å². The Morgan fingerprint density at radius 1 is 1.00 bits per heavy atom. The molecule has 0 saturated carbocycles. The molecule has 14 heteroatoms. The molecule has 4 rings (SSSR count). The van der Waals surface area contributed by atoms with Gasteiger partial charge in [-0.3, -0.25) is 0 Å². The number of piperazine rings is 1. The second kappa shape index (κ2) is 12.4. The molecular formula is C25H24F7N5O2. The molecule has 1 aliphatic heterocycles. The molecule has 2 aromatic carbocycles. The zero-order valence-corrected chi connectivity index (χ0v) is 20.5. The van der Waals surface area contributed by atoms with Crippen molar-refractivity contribution < 1.29 is 40.6 Å². The predicted octanol–water partition coefficient (Wildman–Crippen LogP) is 4.83. The Labute approximate surface area is 218 Å². The number of nitrogens with one attached hydrogen (secondary N) is 2. The fraction of sp³-hybridized carbons (Fsp3) is 0.320. The first-order valence-electron chi connectivity index (χ1n) is 11.5. The van der Waals surface area contributed by atoms with Crippen LogP contribution in [-0.2, 0) is 18.9 Å². The Hall–Kier alpha value is -3.78. The van der Waals surface area contributed by atoms with E-state index in [-0.39, 0.29) is 29.6 Å². The van der Waals surface area contributed by atoms with E-state index in [4.69, 9.17) is 0 Å². The van der Waals surface area contributed by atoms with Crippen LogP contribution in [0.4, 0.5) is 36.7 Å². The van der Waals surface area contributed by atoms with Gasteiger partial charge in [0.25, 0.3) is 0 Å². The standard InChI is InChI=1S/C15H15FN4O2.C10H9F6N/c16-11-3-1-10(2-4-11)13-12(14(21)22)9-18-15(19-13)20-7-5-17-6-8-20;1-17-5-6-2-7(9(11,12)13)4-8(3-6)10(14,15)16/h1-4,9,17H,5-8H2,(H,21,22);2-4,17H,5H2,1H3. The minimum atomic E-state index is -4.79. The molecular weight excluding hydrogens is 535 g/mol. The number of rotatable bonds is 5. The number of aromatic carboxylic acids is 1. The maximum absolute atomic E-state index is 13.1. The second-order valence-electron chi connectivity index (χ2n) is 8.43. The molecule has 0 unspecified atom stereocenters. The lowest BCUT2D eigenvalue weighted by molar-refractivity contribution is -0.143. The van der Waals surface area contributed by atoms with Crippen LogP contribution in [-0.4, -0.2) is 54.3 Å². The SMILES string of the molecule is CNCc1cc(C(F)(F)F)cc(C(F)(F)F)c1.O=C(O)c1cnc(N2CCNCC2)nc1-c1ccc(F)cc1. The molecule has 3 N–H and O–H groups in total. The zero-order chi connectivity index (χ0) is 28.8. The van der Waals surface area contributed by atoms with Gasteiger partial charge in [0.1, 0.15) is 11.4 Å². The number of carboxylic acid groups (broad SMARTS) is 1. The van der Waals surface area contributed by atoms with E-state index in [2.05, 4.69) is 20.6 Å². The first-order chi connectivity index (χ1) is 18.3. The lowest BCUT2D eigenvalue weighted by Crippen LogP contribution is -2.44. The van der Waals surface area contributed by atoms with Crippen LogP contribution in [0.3, 0.4) is 0 Å². The highest BCUT2D eigenvalue weighted by Crippen LogP contribution is 2.36. The van der Waals surface area contributed by atoms with Crippen molar-refractivity contribution in [3.8, 4) is 11.3 Å². The summed E-state index contributed by atoms with van der Waals surface area (Å²) in [6, 6.07) is 7.12. The minimum Gasteiger partial charge on any atom is -0.478 e. The average molecular weight is 559 g/mol. The molecule has 7 nitrogen and oxygen atoms in total. The van der Waals surface area contributed by atoms with E-state index in [1.807, 2.05) is 4.90 Å². The van der Waals surface area contributed by atoms with Crippen LogP contribution in [0.15, 0.2) is 48.7 Å². The first-order valence-corrected chi connectivity index (χ1v) is 11.5. The Kier molecular flexibility index (Phi) is 9.45. The molecule has 0 radical (unpaired) electrons. The average Bonchev–Trinajstić information content (AvgIpc) is 2.89. The van der Waals surface area contributed by atoms with Crippen molar-refractivity contribution in [1.82, 2.24) is 20.6 Å². The molecule has 1 aliphatic rings. The summed E-state index contributed by atoms with van der Waals surface area (Å²) in [5, 5.41) is 15.0. The van der Waals surface area contributed by atoms with E-state index in [1.165, 1.54) is 37.5 Å².